The number of thiazole rings is 1. The van der Waals surface area contributed by atoms with E-state index < -0.39 is 0 Å². The van der Waals surface area contributed by atoms with E-state index in [2.05, 4.69) is 21.6 Å². The summed E-state index contributed by atoms with van der Waals surface area (Å²) in [4.78, 5) is 16.7. The van der Waals surface area contributed by atoms with Gasteiger partial charge in [0.15, 0.2) is 4.34 Å². The van der Waals surface area contributed by atoms with E-state index in [0.29, 0.717) is 0 Å². The summed E-state index contributed by atoms with van der Waals surface area (Å²) in [6.07, 6.45) is 0. The molecule has 1 aromatic heterocycles. The van der Waals surface area contributed by atoms with Crippen molar-refractivity contribution < 1.29 is 9.53 Å². The van der Waals surface area contributed by atoms with Gasteiger partial charge in [-0.1, -0.05) is 42.1 Å². The third-order valence-corrected chi connectivity index (χ3v) is 6.59. The summed E-state index contributed by atoms with van der Waals surface area (Å²) in [5.41, 5.74) is 5.31. The van der Waals surface area contributed by atoms with Crippen LogP contribution >= 0.6 is 23.1 Å². The number of nitrogens with one attached hydrogen (secondary N) is 1. The monoisotopic (exact) mass is 421 g/mol. The van der Waals surface area contributed by atoms with E-state index in [1.54, 1.807) is 18.4 Å². The molecule has 4 rings (SSSR count). The van der Waals surface area contributed by atoms with E-state index in [-0.39, 0.29) is 11.7 Å². The number of carbonyl (C=O) groups is 1. The van der Waals surface area contributed by atoms with E-state index >= 15 is 0 Å². The molecule has 1 N–H and O–H groups in total. The Morgan fingerprint density at radius 3 is 2.76 bits per heavy atom. The lowest BCUT2D eigenvalue weighted by atomic mass is 10.0. The van der Waals surface area contributed by atoms with Gasteiger partial charge in [0.2, 0.25) is 0 Å². The summed E-state index contributed by atoms with van der Waals surface area (Å²) in [6, 6.07) is 20.0. The van der Waals surface area contributed by atoms with Crippen LogP contribution in [0.15, 0.2) is 70.1 Å². The highest BCUT2D eigenvalue weighted by Gasteiger charge is 2.08. The number of fused-ring (bicyclic) bond motifs is 2. The molecule has 0 unspecified atom stereocenters. The van der Waals surface area contributed by atoms with Gasteiger partial charge in [-0.2, -0.15) is 5.10 Å². The maximum atomic E-state index is 12.2. The van der Waals surface area contributed by atoms with E-state index in [0.717, 1.165) is 42.4 Å². The Bertz CT molecular complexity index is 1180. The number of para-hydroxylation sites is 1. The number of carbonyl (C=O) groups excluding carboxylic acids is 1. The van der Waals surface area contributed by atoms with Gasteiger partial charge in [-0.05, 0) is 53.6 Å². The Balaban J connectivity index is 1.38. The Morgan fingerprint density at radius 2 is 1.93 bits per heavy atom. The van der Waals surface area contributed by atoms with Crippen LogP contribution in [0.2, 0.25) is 0 Å². The third kappa shape index (κ3) is 4.58. The lowest BCUT2D eigenvalue weighted by Gasteiger charge is -2.06. The second kappa shape index (κ2) is 8.63. The van der Waals surface area contributed by atoms with Gasteiger partial charge in [-0.15, -0.1) is 11.3 Å². The molecule has 0 saturated heterocycles. The Morgan fingerprint density at radius 1 is 1.14 bits per heavy atom. The van der Waals surface area contributed by atoms with Crippen LogP contribution in [0.4, 0.5) is 0 Å². The quantitative estimate of drug-likeness (QED) is 0.268. The van der Waals surface area contributed by atoms with Crippen molar-refractivity contribution in [1.29, 1.82) is 0 Å². The molecule has 29 heavy (non-hydrogen) atoms. The number of amides is 1. The maximum absolute atomic E-state index is 12.2. The number of ether oxygens (including phenoxy) is 1. The van der Waals surface area contributed by atoms with Gasteiger partial charge in [0, 0.05) is 0 Å². The summed E-state index contributed by atoms with van der Waals surface area (Å²) in [7, 11) is 1.66. The summed E-state index contributed by atoms with van der Waals surface area (Å²) in [5, 5.41) is 6.44. The van der Waals surface area contributed by atoms with E-state index in [9.17, 15) is 4.79 Å². The zero-order chi connectivity index (χ0) is 20.2. The molecule has 3 aromatic carbocycles. The molecule has 0 fully saturated rings. The zero-order valence-corrected chi connectivity index (χ0v) is 17.6. The minimum atomic E-state index is -0.154. The lowest BCUT2D eigenvalue weighted by Crippen LogP contribution is -2.21. The maximum Gasteiger partial charge on any atom is 0.250 e. The number of hydrazone groups is 1. The number of methoxy groups -OCH3 is 1. The minimum absolute atomic E-state index is 0.154. The normalized spacial score (nSPS) is 11.7. The molecule has 0 bridgehead atoms. The van der Waals surface area contributed by atoms with Crippen molar-refractivity contribution in [3.8, 4) is 5.75 Å². The van der Waals surface area contributed by atoms with Crippen molar-refractivity contribution in [3.05, 3.63) is 66.2 Å². The van der Waals surface area contributed by atoms with Crippen molar-refractivity contribution in [2.45, 2.75) is 11.3 Å². The SMILES string of the molecule is COc1ccc2cc(/C(C)=N/NC(=O)CSc3nc4ccccc4s3)ccc2c1. The predicted octanol–water partition coefficient (Wildman–Crippen LogP) is 5.09. The number of hydrogen-bond acceptors (Lipinski definition) is 6. The molecule has 4 aromatic rings. The second-order valence-electron chi connectivity index (χ2n) is 6.40. The third-order valence-electron chi connectivity index (χ3n) is 4.41. The van der Waals surface area contributed by atoms with Crippen molar-refractivity contribution in [3.63, 3.8) is 0 Å². The topological polar surface area (TPSA) is 63.6 Å². The fourth-order valence-corrected chi connectivity index (χ4v) is 4.72. The van der Waals surface area contributed by atoms with Crippen LogP contribution in [0.25, 0.3) is 21.0 Å². The van der Waals surface area contributed by atoms with Crippen molar-refractivity contribution in [2.24, 2.45) is 5.10 Å². The first-order chi connectivity index (χ1) is 14.1. The van der Waals surface area contributed by atoms with Crippen LogP contribution in [0.5, 0.6) is 5.75 Å². The summed E-state index contributed by atoms with van der Waals surface area (Å²) in [6.45, 7) is 1.88. The molecule has 0 saturated carbocycles. The predicted molar refractivity (Wildman–Crippen MR) is 121 cm³/mol. The van der Waals surface area contributed by atoms with Gasteiger partial charge >= 0.3 is 0 Å². The number of hydrogen-bond donors (Lipinski definition) is 1. The molecule has 7 heteroatoms. The van der Waals surface area contributed by atoms with Gasteiger partial charge in [-0.25, -0.2) is 10.4 Å². The average molecular weight is 422 g/mol. The van der Waals surface area contributed by atoms with Crippen LogP contribution in [0, 0.1) is 0 Å². The number of aromatic nitrogens is 1. The highest BCUT2D eigenvalue weighted by Crippen LogP contribution is 2.29. The molecular formula is C22H19N3O2S2. The first-order valence-corrected chi connectivity index (χ1v) is 10.8. The second-order valence-corrected chi connectivity index (χ2v) is 8.65. The van der Waals surface area contributed by atoms with Gasteiger partial charge in [0.1, 0.15) is 5.75 Å². The van der Waals surface area contributed by atoms with Gasteiger partial charge in [-0.3, -0.25) is 4.79 Å². The van der Waals surface area contributed by atoms with Crippen LogP contribution in [0.1, 0.15) is 12.5 Å². The largest absolute Gasteiger partial charge is 0.497 e. The van der Waals surface area contributed by atoms with Gasteiger partial charge < -0.3 is 4.74 Å². The molecule has 0 radical (unpaired) electrons. The fraction of sp³-hybridized carbons (Fsp3) is 0.136. The first-order valence-electron chi connectivity index (χ1n) is 9.02. The van der Waals surface area contributed by atoms with Crippen LogP contribution in [-0.2, 0) is 4.79 Å². The smallest absolute Gasteiger partial charge is 0.250 e. The highest BCUT2D eigenvalue weighted by molar-refractivity contribution is 8.01. The van der Waals surface area contributed by atoms with Crippen molar-refractivity contribution in [2.75, 3.05) is 12.9 Å². The molecule has 1 amide bonds. The molecule has 0 aliphatic rings. The Hall–Kier alpha value is -2.90. The molecule has 1 heterocycles. The Labute approximate surface area is 176 Å². The molecule has 0 aliphatic carbocycles. The van der Waals surface area contributed by atoms with Crippen molar-refractivity contribution >= 4 is 55.7 Å². The summed E-state index contributed by atoms with van der Waals surface area (Å²) >= 11 is 3.01. The Kier molecular flexibility index (Phi) is 5.78. The lowest BCUT2D eigenvalue weighted by molar-refractivity contribution is -0.118. The summed E-state index contributed by atoms with van der Waals surface area (Å²) < 4.78 is 7.26. The van der Waals surface area contributed by atoms with Crippen LogP contribution in [0.3, 0.4) is 0 Å². The number of thioether (sulfide) groups is 1. The van der Waals surface area contributed by atoms with E-state index in [4.69, 9.17) is 4.74 Å². The fourth-order valence-electron chi connectivity index (χ4n) is 2.86. The van der Waals surface area contributed by atoms with Gasteiger partial charge in [0.25, 0.3) is 5.91 Å². The van der Waals surface area contributed by atoms with E-state index in [1.807, 2.05) is 61.5 Å². The molecular weight excluding hydrogens is 402 g/mol. The molecule has 0 atom stereocenters. The first kappa shape index (κ1) is 19.4. The average Bonchev–Trinajstić information content (AvgIpc) is 3.18. The molecule has 146 valence electrons. The number of nitrogens with zero attached hydrogens (tertiary/aromatic N) is 2. The van der Waals surface area contributed by atoms with Gasteiger partial charge in [0.05, 0.1) is 28.8 Å². The number of benzene rings is 3. The standard InChI is InChI=1S/C22H19N3O2S2/c1-14(15-7-8-17-12-18(27-2)10-9-16(17)11-15)24-25-21(26)13-28-22-23-19-5-3-4-6-20(19)29-22/h3-12H,13H2,1-2H3,(H,25,26)/b24-14+. The van der Waals surface area contributed by atoms with Crippen LogP contribution < -0.4 is 10.2 Å². The summed E-state index contributed by atoms with van der Waals surface area (Å²) in [5.74, 6) is 0.946. The van der Waals surface area contributed by atoms with Crippen LogP contribution in [-0.4, -0.2) is 29.5 Å². The molecule has 0 spiro atoms. The number of rotatable bonds is 6. The minimum Gasteiger partial charge on any atom is -0.497 e. The zero-order valence-electron chi connectivity index (χ0n) is 16.0. The molecule has 5 nitrogen and oxygen atoms in total. The van der Waals surface area contributed by atoms with E-state index in [1.165, 1.54) is 11.8 Å². The molecule has 0 aliphatic heterocycles. The highest BCUT2D eigenvalue weighted by atomic mass is 32.2. The van der Waals surface area contributed by atoms with Crippen molar-refractivity contribution in [1.82, 2.24) is 10.4 Å².